The van der Waals surface area contributed by atoms with Crippen LogP contribution in [0, 0.1) is 0 Å². The number of imide groups is 1. The number of ether oxygens (including phenoxy) is 1. The average Bonchev–Trinajstić information content (AvgIpc) is 3.24. The van der Waals surface area contributed by atoms with Crippen molar-refractivity contribution in [1.29, 1.82) is 0 Å². The summed E-state index contributed by atoms with van der Waals surface area (Å²) < 4.78 is 11.2. The Kier molecular flexibility index (Phi) is 4.58. The minimum atomic E-state index is -0.288. The molecule has 0 radical (unpaired) electrons. The van der Waals surface area contributed by atoms with Crippen LogP contribution in [0.1, 0.15) is 25.2 Å². The van der Waals surface area contributed by atoms with Crippen molar-refractivity contribution in [3.8, 4) is 0 Å². The lowest BCUT2D eigenvalue weighted by Gasteiger charge is -2.37. The van der Waals surface area contributed by atoms with Gasteiger partial charge in [-0.1, -0.05) is 30.3 Å². The average molecular weight is 366 g/mol. The van der Waals surface area contributed by atoms with Crippen molar-refractivity contribution in [2.75, 3.05) is 13.1 Å². The minimum absolute atomic E-state index is 0.0136. The summed E-state index contributed by atoms with van der Waals surface area (Å²) in [5.74, 6) is 0.00928. The number of carbonyl (C=O) groups is 2. The molecule has 2 atom stereocenters. The first-order chi connectivity index (χ1) is 13.0. The first-order valence-corrected chi connectivity index (χ1v) is 9.13. The molecule has 6 nitrogen and oxygen atoms in total. The van der Waals surface area contributed by atoms with Gasteiger partial charge in [-0.25, -0.2) is 0 Å². The fourth-order valence-electron chi connectivity index (χ4n) is 3.78. The van der Waals surface area contributed by atoms with Gasteiger partial charge in [0, 0.05) is 13.1 Å². The normalized spacial score (nSPS) is 23.5. The molecular weight excluding hydrogens is 344 g/mol. The van der Waals surface area contributed by atoms with Gasteiger partial charge in [0.2, 0.25) is 0 Å². The molecule has 0 bridgehead atoms. The lowest BCUT2D eigenvalue weighted by atomic mass is 10.0. The zero-order chi connectivity index (χ0) is 19.0. The van der Waals surface area contributed by atoms with E-state index >= 15 is 0 Å². The maximum absolute atomic E-state index is 13.3. The predicted molar refractivity (Wildman–Crippen MR) is 99.2 cm³/mol. The summed E-state index contributed by atoms with van der Waals surface area (Å²) in [7, 11) is 0. The highest BCUT2D eigenvalue weighted by Gasteiger charge is 2.43. The van der Waals surface area contributed by atoms with Gasteiger partial charge in [0.05, 0.1) is 30.6 Å². The van der Waals surface area contributed by atoms with Gasteiger partial charge in [0.1, 0.15) is 11.5 Å². The van der Waals surface area contributed by atoms with Gasteiger partial charge >= 0.3 is 0 Å². The summed E-state index contributed by atoms with van der Waals surface area (Å²) in [5.41, 5.74) is 1.66. The maximum atomic E-state index is 13.3. The second kappa shape index (κ2) is 7.04. The van der Waals surface area contributed by atoms with Gasteiger partial charge < -0.3 is 14.1 Å². The van der Waals surface area contributed by atoms with Crippen LogP contribution in [0.5, 0.6) is 0 Å². The number of carbonyl (C=O) groups excluding carboxylic acids is 2. The molecule has 1 aromatic heterocycles. The molecule has 4 rings (SSSR count). The topological polar surface area (TPSA) is 63.0 Å². The second-order valence-corrected chi connectivity index (χ2v) is 7.03. The van der Waals surface area contributed by atoms with Gasteiger partial charge in [0.25, 0.3) is 11.8 Å². The molecule has 2 aliphatic heterocycles. The third kappa shape index (κ3) is 3.28. The molecule has 2 aromatic rings. The molecule has 1 saturated heterocycles. The molecule has 140 valence electrons. The Labute approximate surface area is 158 Å². The van der Waals surface area contributed by atoms with Crippen LogP contribution in [0.15, 0.2) is 58.8 Å². The Bertz CT molecular complexity index is 863. The molecule has 2 amide bonds. The van der Waals surface area contributed by atoms with Crippen LogP contribution in [0.3, 0.4) is 0 Å². The monoisotopic (exact) mass is 366 g/mol. The third-order valence-electron chi connectivity index (χ3n) is 4.84. The highest BCUT2D eigenvalue weighted by molar-refractivity contribution is 6.35. The van der Waals surface area contributed by atoms with Gasteiger partial charge in [-0.05, 0) is 31.5 Å². The summed E-state index contributed by atoms with van der Waals surface area (Å²) in [5, 5.41) is 0. The molecule has 2 unspecified atom stereocenters. The zero-order valence-electron chi connectivity index (χ0n) is 15.4. The van der Waals surface area contributed by atoms with Crippen molar-refractivity contribution in [2.45, 2.75) is 32.6 Å². The van der Waals surface area contributed by atoms with Crippen molar-refractivity contribution in [3.63, 3.8) is 0 Å². The summed E-state index contributed by atoms with van der Waals surface area (Å²) in [6.45, 7) is 5.23. The van der Waals surface area contributed by atoms with Crippen LogP contribution in [-0.2, 0) is 20.9 Å². The molecule has 3 heterocycles. The summed E-state index contributed by atoms with van der Waals surface area (Å²) >= 11 is 0. The van der Waals surface area contributed by atoms with E-state index in [0.717, 1.165) is 5.56 Å². The lowest BCUT2D eigenvalue weighted by Crippen LogP contribution is -2.46. The number of morpholine rings is 1. The minimum Gasteiger partial charge on any atom is -0.467 e. The van der Waals surface area contributed by atoms with E-state index in [1.54, 1.807) is 12.1 Å². The molecule has 0 N–H and O–H groups in total. The van der Waals surface area contributed by atoms with E-state index < -0.39 is 0 Å². The smallest absolute Gasteiger partial charge is 0.278 e. The molecular formula is C21H22N2O4. The molecule has 0 spiro atoms. The van der Waals surface area contributed by atoms with Crippen LogP contribution in [0.4, 0.5) is 0 Å². The highest BCUT2D eigenvalue weighted by atomic mass is 16.5. The van der Waals surface area contributed by atoms with Crippen LogP contribution < -0.4 is 0 Å². The number of rotatable bonds is 4. The number of furan rings is 1. The van der Waals surface area contributed by atoms with Gasteiger partial charge in [0.15, 0.2) is 0 Å². The van der Waals surface area contributed by atoms with E-state index in [0.29, 0.717) is 30.1 Å². The fraction of sp³-hybridized carbons (Fsp3) is 0.333. The number of hydrogen-bond acceptors (Lipinski definition) is 5. The largest absolute Gasteiger partial charge is 0.467 e. The van der Waals surface area contributed by atoms with Crippen LogP contribution in [-0.4, -0.2) is 46.9 Å². The SMILES string of the molecule is CC1CN(C2=C(c3ccccc3)C(=O)N(Cc3ccco3)C2=O)CC(C)O1. The van der Waals surface area contributed by atoms with Crippen molar-refractivity contribution in [1.82, 2.24) is 9.80 Å². The fourth-order valence-corrected chi connectivity index (χ4v) is 3.78. The molecule has 0 aliphatic carbocycles. The van der Waals surface area contributed by atoms with E-state index in [1.165, 1.54) is 11.2 Å². The summed E-state index contributed by atoms with van der Waals surface area (Å²) in [4.78, 5) is 29.7. The third-order valence-corrected chi connectivity index (χ3v) is 4.84. The predicted octanol–water partition coefficient (Wildman–Crippen LogP) is 2.67. The van der Waals surface area contributed by atoms with E-state index in [9.17, 15) is 9.59 Å². The standard InChI is InChI=1S/C21H22N2O4/c1-14-11-22(12-15(2)27-14)19-18(16-7-4-3-5-8-16)20(24)23(21(19)25)13-17-9-6-10-26-17/h3-10,14-15H,11-13H2,1-2H3. The Morgan fingerprint density at radius 1 is 0.963 bits per heavy atom. The van der Waals surface area contributed by atoms with E-state index in [2.05, 4.69) is 0 Å². The molecule has 27 heavy (non-hydrogen) atoms. The van der Waals surface area contributed by atoms with Crippen LogP contribution >= 0.6 is 0 Å². The number of benzene rings is 1. The number of amides is 2. The van der Waals surface area contributed by atoms with Gasteiger partial charge in [-0.2, -0.15) is 0 Å². The number of nitrogens with zero attached hydrogens (tertiary/aromatic N) is 2. The highest BCUT2D eigenvalue weighted by Crippen LogP contribution is 2.34. The summed E-state index contributed by atoms with van der Waals surface area (Å²) in [6.07, 6.45) is 1.51. The first-order valence-electron chi connectivity index (χ1n) is 9.13. The van der Waals surface area contributed by atoms with Crippen molar-refractivity contribution >= 4 is 17.4 Å². The van der Waals surface area contributed by atoms with Crippen LogP contribution in [0.25, 0.3) is 5.57 Å². The Hall–Kier alpha value is -2.86. The second-order valence-electron chi connectivity index (χ2n) is 7.03. The van der Waals surface area contributed by atoms with E-state index in [4.69, 9.17) is 9.15 Å². The van der Waals surface area contributed by atoms with Crippen LogP contribution in [0.2, 0.25) is 0 Å². The lowest BCUT2D eigenvalue weighted by molar-refractivity contribution is -0.139. The van der Waals surface area contributed by atoms with Crippen molar-refractivity contribution in [3.05, 3.63) is 65.7 Å². The molecule has 2 aliphatic rings. The first kappa shape index (κ1) is 17.5. The molecule has 1 aromatic carbocycles. The van der Waals surface area contributed by atoms with Crippen molar-refractivity contribution in [2.24, 2.45) is 0 Å². The van der Waals surface area contributed by atoms with E-state index in [1.807, 2.05) is 49.1 Å². The molecule has 1 fully saturated rings. The quantitative estimate of drug-likeness (QED) is 0.779. The maximum Gasteiger partial charge on any atom is 0.278 e. The van der Waals surface area contributed by atoms with Crippen molar-refractivity contribution < 1.29 is 18.7 Å². The Balaban J connectivity index is 1.75. The Morgan fingerprint density at radius 3 is 2.30 bits per heavy atom. The molecule has 0 saturated carbocycles. The van der Waals surface area contributed by atoms with E-state index in [-0.39, 0.29) is 30.6 Å². The zero-order valence-corrected chi connectivity index (χ0v) is 15.4. The molecule has 6 heteroatoms. The summed E-state index contributed by atoms with van der Waals surface area (Å²) in [6, 6.07) is 12.9. The van der Waals surface area contributed by atoms with Gasteiger partial charge in [-0.3, -0.25) is 14.5 Å². The van der Waals surface area contributed by atoms with Gasteiger partial charge in [-0.15, -0.1) is 0 Å². The Morgan fingerprint density at radius 2 is 1.67 bits per heavy atom. The number of hydrogen-bond donors (Lipinski definition) is 0.